The molecule has 1 saturated carbocycles. The first-order chi connectivity index (χ1) is 28.6. The summed E-state index contributed by atoms with van der Waals surface area (Å²) in [6.07, 6.45) is 12.8. The number of alkyl halides is 3. The number of anilines is 1. The standard InChI is InChI=1S/C46H58N4O3.C2HF3O2/c1-6-49-39-25-18-16-23-37(39)45(2,3)41(49)27-13-9-14-28-42-46(4,5)38-24-17-19-26-40(38)50(42)32-20-10-15-29-43(51)47-30-31-48-44(52)53-33-36-34-21-11-7-8-12-22-35(34)36;3-2(4,5)1(6)7/h9,13-14,16-19,23-28,34-36H,6,10-12,15,20-22,29-33H2,1-5H3,(H-,47,48,51,52);(H,6,7)/t34-,35?,36?;/m0./s1. The molecule has 2 aliphatic heterocycles. The molecule has 0 bridgehead atoms. The smallest absolute Gasteiger partial charge is 0.430 e. The van der Waals surface area contributed by atoms with Crippen LogP contribution in [0.2, 0.25) is 0 Å². The Labute approximate surface area is 352 Å². The Morgan fingerprint density at radius 3 is 2.18 bits per heavy atom. The van der Waals surface area contributed by atoms with Crippen molar-refractivity contribution in [1.82, 2.24) is 10.6 Å². The van der Waals surface area contributed by atoms with E-state index in [1.807, 2.05) is 0 Å². The molecule has 0 radical (unpaired) electrons. The third-order valence-corrected chi connectivity index (χ3v) is 12.1. The lowest BCUT2D eigenvalue weighted by atomic mass is 9.81. The minimum Gasteiger partial charge on any atom is -0.542 e. The first kappa shape index (κ1) is 45.8. The van der Waals surface area contributed by atoms with Crippen molar-refractivity contribution in [3.05, 3.63) is 95.7 Å². The third kappa shape index (κ3) is 11.3. The van der Waals surface area contributed by atoms with Gasteiger partial charge in [-0.05, 0) is 81.9 Å². The minimum absolute atomic E-state index is 0.0214. The zero-order chi connectivity index (χ0) is 43.5. The fourth-order valence-corrected chi connectivity index (χ4v) is 8.91. The minimum atomic E-state index is -5.19. The molecule has 0 saturated heterocycles. The number of carbonyl (C=O) groups excluding carboxylic acids is 3. The molecule has 2 aromatic carbocycles. The largest absolute Gasteiger partial charge is 0.542 e. The number of carboxylic acids is 1. The van der Waals surface area contributed by atoms with Gasteiger partial charge in [0.05, 0.1) is 12.0 Å². The van der Waals surface area contributed by atoms with Gasteiger partial charge in [-0.3, -0.25) is 4.79 Å². The highest BCUT2D eigenvalue weighted by molar-refractivity contribution is 6.03. The Balaban J connectivity index is 0.000000896. The van der Waals surface area contributed by atoms with Crippen LogP contribution in [-0.4, -0.2) is 67.2 Å². The van der Waals surface area contributed by atoms with E-state index in [4.69, 9.17) is 14.6 Å². The van der Waals surface area contributed by atoms with Gasteiger partial charge in [0.25, 0.3) is 0 Å². The fraction of sp³-hybridized carbons (Fsp3) is 0.500. The van der Waals surface area contributed by atoms with E-state index in [0.717, 1.165) is 58.0 Å². The number of unbranched alkanes of at least 4 members (excludes halogenated alkanes) is 2. The molecule has 322 valence electrons. The maximum atomic E-state index is 12.5. The second-order valence-electron chi connectivity index (χ2n) is 16.8. The summed E-state index contributed by atoms with van der Waals surface area (Å²) in [5.41, 5.74) is 7.76. The van der Waals surface area contributed by atoms with E-state index < -0.39 is 18.2 Å². The van der Waals surface area contributed by atoms with E-state index in [2.05, 4.69) is 145 Å². The molecule has 9 nitrogen and oxygen atoms in total. The van der Waals surface area contributed by atoms with E-state index in [9.17, 15) is 22.8 Å². The molecule has 0 aromatic heterocycles. The van der Waals surface area contributed by atoms with Crippen LogP contribution >= 0.6 is 0 Å². The zero-order valence-electron chi connectivity index (χ0n) is 35.5. The van der Waals surface area contributed by atoms with Crippen LogP contribution in [0.3, 0.4) is 0 Å². The van der Waals surface area contributed by atoms with Gasteiger partial charge in [-0.15, -0.1) is 11.8 Å². The Bertz CT molecular complexity index is 2040. The Morgan fingerprint density at radius 1 is 0.883 bits per heavy atom. The van der Waals surface area contributed by atoms with Gasteiger partial charge in [-0.25, -0.2) is 4.79 Å². The maximum absolute atomic E-state index is 12.5. The first-order valence-electron chi connectivity index (χ1n) is 21.2. The van der Waals surface area contributed by atoms with Crippen molar-refractivity contribution >= 4 is 35.1 Å². The van der Waals surface area contributed by atoms with Gasteiger partial charge >= 0.3 is 12.3 Å². The highest BCUT2D eigenvalue weighted by atomic mass is 19.4. The summed E-state index contributed by atoms with van der Waals surface area (Å²) in [4.78, 5) is 35.9. The molecule has 60 heavy (non-hydrogen) atoms. The highest BCUT2D eigenvalue weighted by Gasteiger charge is 2.49. The molecule has 2 amide bonds. The molecule has 2 aliphatic carbocycles. The Hall–Kier alpha value is -5.31. The molecule has 1 fully saturated rings. The quantitative estimate of drug-likeness (QED) is 0.0815. The molecule has 2 aromatic rings. The van der Waals surface area contributed by atoms with Gasteiger partial charge in [0.2, 0.25) is 11.6 Å². The normalized spacial score (nSPS) is 21.5. The summed E-state index contributed by atoms with van der Waals surface area (Å²) in [5.74, 6) is 5.24. The molecule has 3 atom stereocenters. The van der Waals surface area contributed by atoms with Crippen LogP contribution in [0.1, 0.15) is 97.1 Å². The summed E-state index contributed by atoms with van der Waals surface area (Å²) in [6.45, 7) is 14.5. The number of benzene rings is 2. The Morgan fingerprint density at radius 2 is 1.52 bits per heavy atom. The van der Waals surface area contributed by atoms with Crippen LogP contribution in [0.15, 0.2) is 84.6 Å². The van der Waals surface area contributed by atoms with Crippen LogP contribution in [0.4, 0.5) is 29.3 Å². The second kappa shape index (κ2) is 20.3. The zero-order valence-corrected chi connectivity index (χ0v) is 35.5. The number of alkyl carbamates (subject to hydrolysis) is 1. The van der Waals surface area contributed by atoms with E-state index in [0.29, 0.717) is 43.9 Å². The molecule has 2 heterocycles. The Kier molecular flexibility index (Phi) is 15.5. The number of ether oxygens (including phenoxy) is 1. The lowest BCUT2D eigenvalue weighted by molar-refractivity contribution is -0.438. The van der Waals surface area contributed by atoms with Crippen molar-refractivity contribution in [3.63, 3.8) is 0 Å². The van der Waals surface area contributed by atoms with Crippen molar-refractivity contribution < 1.29 is 42.0 Å². The fourth-order valence-electron chi connectivity index (χ4n) is 8.91. The first-order valence-corrected chi connectivity index (χ1v) is 21.2. The summed E-state index contributed by atoms with van der Waals surface area (Å²) >= 11 is 0. The van der Waals surface area contributed by atoms with Crippen LogP contribution in [0.5, 0.6) is 0 Å². The van der Waals surface area contributed by atoms with Gasteiger partial charge in [-0.2, -0.15) is 17.7 Å². The number of fused-ring (bicyclic) bond motifs is 3. The van der Waals surface area contributed by atoms with Crippen LogP contribution in [0, 0.1) is 29.6 Å². The number of carbonyl (C=O) groups is 3. The van der Waals surface area contributed by atoms with Crippen molar-refractivity contribution in [2.75, 3.05) is 37.7 Å². The number of nitrogens with zero attached hydrogens (tertiary/aromatic N) is 2. The van der Waals surface area contributed by atoms with E-state index in [1.165, 1.54) is 33.9 Å². The van der Waals surface area contributed by atoms with Crippen LogP contribution in [-0.2, 0) is 25.2 Å². The van der Waals surface area contributed by atoms with E-state index in [-0.39, 0.29) is 16.7 Å². The van der Waals surface area contributed by atoms with Gasteiger partial charge in [0, 0.05) is 79.8 Å². The lowest BCUT2D eigenvalue weighted by Crippen LogP contribution is -2.37. The van der Waals surface area contributed by atoms with Crippen LogP contribution < -0.4 is 20.6 Å². The predicted octanol–water partition coefficient (Wildman–Crippen LogP) is 8.02. The number of aliphatic carboxylic acids is 1. The number of allylic oxidation sites excluding steroid dienone is 6. The molecule has 6 rings (SSSR count). The van der Waals surface area contributed by atoms with Crippen molar-refractivity contribution in [2.45, 2.75) is 103 Å². The number of hydrogen-bond acceptors (Lipinski definition) is 6. The summed E-state index contributed by atoms with van der Waals surface area (Å²) < 4.78 is 39.5. The van der Waals surface area contributed by atoms with Gasteiger partial charge < -0.3 is 30.2 Å². The van der Waals surface area contributed by atoms with Gasteiger partial charge in [0.1, 0.15) is 12.5 Å². The number of rotatable bonds is 15. The number of carboxylic acid groups (broad SMARTS) is 1. The SMILES string of the molecule is CCN1C(=CC=CC=CC2=[N+](CCCCCC(=O)NCCNC(=O)OCC3C4CCC#CCC[C@@H]43)c3ccccc3C2(C)C)C(C)(C)c2ccccc21.O=C([O-])C(F)(F)F. The molecule has 4 aliphatic rings. The number of para-hydroxylation sites is 2. The molecular formula is C48H59F3N4O5. The van der Waals surface area contributed by atoms with Crippen molar-refractivity contribution in [1.29, 1.82) is 0 Å². The number of amides is 2. The van der Waals surface area contributed by atoms with Crippen molar-refractivity contribution in [3.8, 4) is 11.8 Å². The molecule has 2 unspecified atom stereocenters. The lowest BCUT2D eigenvalue weighted by Gasteiger charge is -2.25. The van der Waals surface area contributed by atoms with Crippen molar-refractivity contribution in [2.24, 2.45) is 17.8 Å². The van der Waals surface area contributed by atoms with E-state index in [1.54, 1.807) is 0 Å². The average molecular weight is 829 g/mol. The second-order valence-corrected chi connectivity index (χ2v) is 16.8. The van der Waals surface area contributed by atoms with Crippen LogP contribution in [0.25, 0.3) is 0 Å². The number of likely N-dealkylation sites (N-methyl/N-ethyl adjacent to an activating group) is 1. The summed E-state index contributed by atoms with van der Waals surface area (Å²) in [6, 6.07) is 17.5. The third-order valence-electron chi connectivity index (χ3n) is 12.1. The molecular weight excluding hydrogens is 770 g/mol. The molecule has 0 spiro atoms. The molecule has 2 N–H and O–H groups in total. The van der Waals surface area contributed by atoms with Gasteiger partial charge in [0.15, 0.2) is 5.71 Å². The summed E-state index contributed by atoms with van der Waals surface area (Å²) in [5, 5.41) is 14.5. The van der Waals surface area contributed by atoms with E-state index >= 15 is 0 Å². The number of halogens is 3. The predicted molar refractivity (Wildman–Crippen MR) is 227 cm³/mol. The van der Waals surface area contributed by atoms with Gasteiger partial charge in [-0.1, -0.05) is 68.5 Å². The summed E-state index contributed by atoms with van der Waals surface area (Å²) in [7, 11) is 0. The number of hydrogen-bond donors (Lipinski definition) is 2. The topological polar surface area (TPSA) is 114 Å². The molecule has 12 heteroatoms. The average Bonchev–Trinajstić information content (AvgIpc) is 3.72. The monoisotopic (exact) mass is 828 g/mol. The number of nitrogens with one attached hydrogen (secondary N) is 2. The maximum Gasteiger partial charge on any atom is 0.430 e. The highest BCUT2D eigenvalue weighted by Crippen LogP contribution is 2.52.